The molecule has 3 amide bonds. The van der Waals surface area contributed by atoms with Gasteiger partial charge in [-0.05, 0) is 23.6 Å². The quantitative estimate of drug-likeness (QED) is 0.198. The van der Waals surface area contributed by atoms with Gasteiger partial charge in [-0.25, -0.2) is 4.79 Å². The van der Waals surface area contributed by atoms with Crippen LogP contribution >= 0.6 is 0 Å². The zero-order valence-electron chi connectivity index (χ0n) is 17.7. The predicted octanol–water partition coefficient (Wildman–Crippen LogP) is -1.44. The Morgan fingerprint density at radius 2 is 1.56 bits per heavy atom. The van der Waals surface area contributed by atoms with Gasteiger partial charge in [0.25, 0.3) is 0 Å². The predicted molar refractivity (Wildman–Crippen MR) is 111 cm³/mol. The van der Waals surface area contributed by atoms with Crippen molar-refractivity contribution in [1.82, 2.24) is 16.0 Å². The van der Waals surface area contributed by atoms with Crippen molar-refractivity contribution in [2.45, 2.75) is 44.8 Å². The maximum absolute atomic E-state index is 12.7. The molecule has 0 aliphatic carbocycles. The molecule has 3 unspecified atom stereocenters. The van der Waals surface area contributed by atoms with E-state index >= 15 is 0 Å². The molecule has 12 nitrogen and oxygen atoms in total. The molecular formula is C20H28N4O8. The van der Waals surface area contributed by atoms with Crippen LogP contribution in [-0.2, 0) is 30.4 Å². The van der Waals surface area contributed by atoms with Gasteiger partial charge < -0.3 is 37.0 Å². The molecule has 1 aromatic carbocycles. The number of benzene rings is 1. The number of nitrogens with two attached hydrogens (primary N) is 1. The van der Waals surface area contributed by atoms with Gasteiger partial charge in [-0.15, -0.1) is 0 Å². The second-order valence-electron chi connectivity index (χ2n) is 7.48. The summed E-state index contributed by atoms with van der Waals surface area (Å²) in [4.78, 5) is 58.8. The maximum Gasteiger partial charge on any atom is 0.326 e. The molecule has 0 radical (unpaired) electrons. The summed E-state index contributed by atoms with van der Waals surface area (Å²) in [7, 11) is 0. The van der Waals surface area contributed by atoms with Crippen molar-refractivity contribution in [2.75, 3.05) is 6.54 Å². The first kappa shape index (κ1) is 26.4. The van der Waals surface area contributed by atoms with E-state index in [0.29, 0.717) is 5.56 Å². The van der Waals surface area contributed by atoms with Crippen LogP contribution in [0.4, 0.5) is 0 Å². The first-order valence-electron chi connectivity index (χ1n) is 9.76. The number of hydrogen-bond acceptors (Lipinski definition) is 7. The van der Waals surface area contributed by atoms with Gasteiger partial charge in [0.1, 0.15) is 17.8 Å². The molecule has 12 heteroatoms. The van der Waals surface area contributed by atoms with Crippen molar-refractivity contribution in [1.29, 1.82) is 0 Å². The van der Waals surface area contributed by atoms with Crippen LogP contribution in [0.3, 0.4) is 0 Å². The van der Waals surface area contributed by atoms with Gasteiger partial charge >= 0.3 is 11.9 Å². The standard InChI is InChI=1S/C20H28N4O8/c1-10(2)17(20(31)32)24-19(30)14(7-11-3-5-12(25)6-4-11)23-15(26)9-22-18(29)13(21)8-16(27)28/h3-6,10,13-14,17,25H,7-9,21H2,1-2H3,(H,22,29)(H,23,26)(H,24,30)(H,27,28)(H,31,32). The van der Waals surface area contributed by atoms with Crippen molar-refractivity contribution in [3.05, 3.63) is 29.8 Å². The molecule has 176 valence electrons. The Morgan fingerprint density at radius 1 is 0.969 bits per heavy atom. The number of aliphatic carboxylic acids is 2. The number of carbonyl (C=O) groups excluding carboxylic acids is 3. The number of amides is 3. The van der Waals surface area contributed by atoms with Crippen LogP contribution in [0.15, 0.2) is 24.3 Å². The van der Waals surface area contributed by atoms with E-state index in [0.717, 1.165) is 0 Å². The average molecular weight is 452 g/mol. The van der Waals surface area contributed by atoms with E-state index in [1.165, 1.54) is 24.3 Å². The van der Waals surface area contributed by atoms with E-state index in [-0.39, 0.29) is 12.2 Å². The summed E-state index contributed by atoms with van der Waals surface area (Å²) >= 11 is 0. The molecule has 0 aliphatic rings. The Morgan fingerprint density at radius 3 is 2.06 bits per heavy atom. The highest BCUT2D eigenvalue weighted by atomic mass is 16.4. The number of rotatable bonds is 12. The van der Waals surface area contributed by atoms with Gasteiger partial charge in [-0.3, -0.25) is 19.2 Å². The van der Waals surface area contributed by atoms with Crippen LogP contribution in [0.2, 0.25) is 0 Å². The Kier molecular flexibility index (Phi) is 10.1. The summed E-state index contributed by atoms with van der Waals surface area (Å²) in [5, 5.41) is 34.4. The van der Waals surface area contributed by atoms with E-state index in [1.807, 2.05) is 0 Å². The third-order valence-corrected chi connectivity index (χ3v) is 4.41. The molecule has 0 fully saturated rings. The zero-order chi connectivity index (χ0) is 24.4. The van der Waals surface area contributed by atoms with E-state index in [9.17, 15) is 34.2 Å². The fraction of sp³-hybridized carbons (Fsp3) is 0.450. The SMILES string of the molecule is CC(C)C(NC(=O)C(Cc1ccc(O)cc1)NC(=O)CNC(=O)C(N)CC(=O)O)C(=O)O. The molecule has 0 aromatic heterocycles. The van der Waals surface area contributed by atoms with Crippen molar-refractivity contribution in [3.63, 3.8) is 0 Å². The van der Waals surface area contributed by atoms with E-state index in [2.05, 4.69) is 16.0 Å². The largest absolute Gasteiger partial charge is 0.508 e. The zero-order valence-corrected chi connectivity index (χ0v) is 17.7. The number of phenolic OH excluding ortho intramolecular Hbond substituents is 1. The summed E-state index contributed by atoms with van der Waals surface area (Å²) < 4.78 is 0. The number of hydrogen-bond donors (Lipinski definition) is 7. The smallest absolute Gasteiger partial charge is 0.326 e. The topological polar surface area (TPSA) is 208 Å². The molecule has 3 atom stereocenters. The highest BCUT2D eigenvalue weighted by Crippen LogP contribution is 2.12. The van der Waals surface area contributed by atoms with Gasteiger partial charge in [0, 0.05) is 6.42 Å². The summed E-state index contributed by atoms with van der Waals surface area (Å²) in [6.07, 6.45) is -0.639. The van der Waals surface area contributed by atoms with Gasteiger partial charge in [0.2, 0.25) is 17.7 Å². The third-order valence-electron chi connectivity index (χ3n) is 4.41. The molecule has 0 saturated heterocycles. The minimum absolute atomic E-state index is 0.00458. The van der Waals surface area contributed by atoms with Crippen molar-refractivity contribution < 1.29 is 39.3 Å². The van der Waals surface area contributed by atoms with E-state index in [1.54, 1.807) is 13.8 Å². The third kappa shape index (κ3) is 9.00. The first-order chi connectivity index (χ1) is 14.9. The van der Waals surface area contributed by atoms with Crippen LogP contribution in [-0.4, -0.2) is 69.7 Å². The van der Waals surface area contributed by atoms with E-state index < -0.39 is 66.7 Å². The first-order valence-corrected chi connectivity index (χ1v) is 9.76. The highest BCUT2D eigenvalue weighted by Gasteiger charge is 2.29. The molecule has 1 aromatic rings. The average Bonchev–Trinajstić information content (AvgIpc) is 2.70. The molecule has 32 heavy (non-hydrogen) atoms. The van der Waals surface area contributed by atoms with E-state index in [4.69, 9.17) is 10.8 Å². The second kappa shape index (κ2) is 12.2. The van der Waals surface area contributed by atoms with Crippen LogP contribution in [0, 0.1) is 5.92 Å². The number of carboxylic acids is 2. The highest BCUT2D eigenvalue weighted by molar-refractivity contribution is 5.93. The molecule has 8 N–H and O–H groups in total. The van der Waals surface area contributed by atoms with Crippen molar-refractivity contribution >= 4 is 29.7 Å². The maximum atomic E-state index is 12.7. The summed E-state index contributed by atoms with van der Waals surface area (Å²) in [6, 6.07) is 2.14. The monoisotopic (exact) mass is 452 g/mol. The minimum Gasteiger partial charge on any atom is -0.508 e. The van der Waals surface area contributed by atoms with Crippen LogP contribution in [0.5, 0.6) is 5.75 Å². The summed E-state index contributed by atoms with van der Waals surface area (Å²) in [6.45, 7) is 2.66. The van der Waals surface area contributed by atoms with Gasteiger partial charge in [-0.2, -0.15) is 0 Å². The molecule has 0 heterocycles. The Bertz CT molecular complexity index is 841. The summed E-state index contributed by atoms with van der Waals surface area (Å²) in [5.41, 5.74) is 5.99. The Labute approximate surface area is 184 Å². The lowest BCUT2D eigenvalue weighted by molar-refractivity contribution is -0.143. The lowest BCUT2D eigenvalue weighted by atomic mass is 10.0. The molecule has 1 rings (SSSR count). The summed E-state index contributed by atoms with van der Waals surface area (Å²) in [5.74, 6) is -5.30. The number of carbonyl (C=O) groups is 5. The van der Waals surface area contributed by atoms with Crippen molar-refractivity contribution in [2.24, 2.45) is 11.7 Å². The van der Waals surface area contributed by atoms with Crippen LogP contribution in [0.1, 0.15) is 25.8 Å². The number of nitrogens with one attached hydrogen (secondary N) is 3. The molecule has 0 bridgehead atoms. The Balaban J connectivity index is 2.87. The Hall–Kier alpha value is -3.67. The van der Waals surface area contributed by atoms with Gasteiger partial charge in [0.05, 0.1) is 19.0 Å². The molecular weight excluding hydrogens is 424 g/mol. The molecule has 0 spiro atoms. The fourth-order valence-corrected chi connectivity index (χ4v) is 2.67. The molecule has 0 aliphatic heterocycles. The molecule has 0 saturated carbocycles. The number of phenols is 1. The lowest BCUT2D eigenvalue weighted by Crippen LogP contribution is -2.55. The van der Waals surface area contributed by atoms with Crippen LogP contribution in [0.25, 0.3) is 0 Å². The lowest BCUT2D eigenvalue weighted by Gasteiger charge is -2.23. The minimum atomic E-state index is -1.35. The van der Waals surface area contributed by atoms with Gasteiger partial charge in [0.15, 0.2) is 0 Å². The number of carboxylic acid groups (broad SMARTS) is 2. The second-order valence-corrected chi connectivity index (χ2v) is 7.48. The fourth-order valence-electron chi connectivity index (χ4n) is 2.67. The number of aromatic hydroxyl groups is 1. The van der Waals surface area contributed by atoms with Crippen molar-refractivity contribution in [3.8, 4) is 5.75 Å². The van der Waals surface area contributed by atoms with Gasteiger partial charge in [-0.1, -0.05) is 26.0 Å². The van der Waals surface area contributed by atoms with Crippen LogP contribution < -0.4 is 21.7 Å². The normalized spacial score (nSPS) is 13.5.